The van der Waals surface area contributed by atoms with E-state index in [-0.39, 0.29) is 18.1 Å². The Kier molecular flexibility index (Phi) is 4.05. The van der Waals surface area contributed by atoms with Gasteiger partial charge in [-0.15, -0.1) is 0 Å². The molecule has 4 nitrogen and oxygen atoms in total. The molecular weight excluding hydrogens is 314 g/mol. The van der Waals surface area contributed by atoms with Crippen molar-refractivity contribution in [2.75, 3.05) is 6.61 Å². The van der Waals surface area contributed by atoms with Crippen LogP contribution in [0.15, 0.2) is 42.2 Å². The van der Waals surface area contributed by atoms with Crippen LogP contribution in [0.3, 0.4) is 0 Å². The molecule has 0 aliphatic carbocycles. The maximum Gasteiger partial charge on any atom is 0.231 e. The van der Waals surface area contributed by atoms with Crippen molar-refractivity contribution < 1.29 is 14.3 Å². The second-order valence-corrected chi connectivity index (χ2v) is 5.44. The van der Waals surface area contributed by atoms with Crippen LogP contribution in [0.1, 0.15) is 21.5 Å². The maximum absolute atomic E-state index is 12.4. The highest BCUT2D eigenvalue weighted by molar-refractivity contribution is 6.30. The van der Waals surface area contributed by atoms with Gasteiger partial charge in [0.15, 0.2) is 12.4 Å². The number of ether oxygens (including phenoxy) is 2. The van der Waals surface area contributed by atoms with Crippen LogP contribution in [-0.2, 0) is 0 Å². The van der Waals surface area contributed by atoms with Crippen LogP contribution in [0, 0.1) is 18.3 Å². The van der Waals surface area contributed by atoms with E-state index in [1.54, 1.807) is 37.3 Å². The number of Topliss-reactive ketones (excluding diaryl/α,β-unsaturated/α-hetero) is 1. The molecule has 0 amide bonds. The van der Waals surface area contributed by atoms with Gasteiger partial charge in [-0.3, -0.25) is 4.79 Å². The van der Waals surface area contributed by atoms with Crippen molar-refractivity contribution in [3.8, 4) is 17.6 Å². The molecule has 0 N–H and O–H groups in total. The zero-order valence-electron chi connectivity index (χ0n) is 12.3. The SMILES string of the molecule is Cc1c(OCC#N)ccc2c1O/C(=C\c1ccc(Cl)cc1)C2=O. The summed E-state index contributed by atoms with van der Waals surface area (Å²) < 4.78 is 11.0. The van der Waals surface area contributed by atoms with Crippen LogP contribution in [0.5, 0.6) is 11.5 Å². The van der Waals surface area contributed by atoms with Crippen molar-refractivity contribution in [2.24, 2.45) is 0 Å². The molecular formula is C18H12ClNO3. The Morgan fingerprint density at radius 2 is 2.00 bits per heavy atom. The predicted molar refractivity (Wildman–Crippen MR) is 86.7 cm³/mol. The van der Waals surface area contributed by atoms with Crippen LogP contribution >= 0.6 is 11.6 Å². The molecule has 1 aliphatic rings. The highest BCUT2D eigenvalue weighted by Crippen LogP contribution is 2.39. The molecule has 0 aromatic heterocycles. The van der Waals surface area contributed by atoms with Crippen molar-refractivity contribution in [1.29, 1.82) is 5.26 Å². The fourth-order valence-electron chi connectivity index (χ4n) is 2.34. The summed E-state index contributed by atoms with van der Waals surface area (Å²) in [5.74, 6) is 1.09. The topological polar surface area (TPSA) is 59.3 Å². The second-order valence-electron chi connectivity index (χ2n) is 5.00. The first-order chi connectivity index (χ1) is 11.1. The zero-order valence-corrected chi connectivity index (χ0v) is 13.1. The van der Waals surface area contributed by atoms with E-state index in [1.807, 2.05) is 18.2 Å². The van der Waals surface area contributed by atoms with Gasteiger partial charge < -0.3 is 9.47 Å². The van der Waals surface area contributed by atoms with Gasteiger partial charge in [0.05, 0.1) is 5.56 Å². The van der Waals surface area contributed by atoms with Crippen molar-refractivity contribution in [2.45, 2.75) is 6.92 Å². The lowest BCUT2D eigenvalue weighted by atomic mass is 10.1. The van der Waals surface area contributed by atoms with Crippen LogP contribution in [0.2, 0.25) is 5.02 Å². The first-order valence-corrected chi connectivity index (χ1v) is 7.31. The van der Waals surface area contributed by atoms with E-state index >= 15 is 0 Å². The molecule has 0 unspecified atom stereocenters. The smallest absolute Gasteiger partial charge is 0.231 e. The number of benzene rings is 2. The summed E-state index contributed by atoms with van der Waals surface area (Å²) in [6.07, 6.45) is 1.67. The summed E-state index contributed by atoms with van der Waals surface area (Å²) >= 11 is 5.85. The summed E-state index contributed by atoms with van der Waals surface area (Å²) in [5.41, 5.74) is 2.02. The Morgan fingerprint density at radius 3 is 2.70 bits per heavy atom. The van der Waals surface area contributed by atoms with Gasteiger partial charge in [0, 0.05) is 10.6 Å². The van der Waals surface area contributed by atoms with Gasteiger partial charge in [0.1, 0.15) is 17.6 Å². The molecule has 3 rings (SSSR count). The zero-order chi connectivity index (χ0) is 16.4. The van der Waals surface area contributed by atoms with Gasteiger partial charge in [0.2, 0.25) is 5.78 Å². The number of halogens is 1. The normalized spacial score (nSPS) is 14.3. The molecule has 1 aliphatic heterocycles. The standard InChI is InChI=1S/C18H12ClNO3/c1-11-15(22-9-8-20)7-6-14-17(21)16(23-18(11)14)10-12-2-4-13(19)5-3-12/h2-7,10H,9H2,1H3/b16-10-. The van der Waals surface area contributed by atoms with Gasteiger partial charge in [-0.25, -0.2) is 0 Å². The van der Waals surface area contributed by atoms with Crippen LogP contribution in [0.4, 0.5) is 0 Å². The molecule has 5 heteroatoms. The molecule has 114 valence electrons. The summed E-state index contributed by atoms with van der Waals surface area (Å²) in [6.45, 7) is 1.74. The summed E-state index contributed by atoms with van der Waals surface area (Å²) in [7, 11) is 0. The number of hydrogen-bond donors (Lipinski definition) is 0. The molecule has 0 saturated heterocycles. The lowest BCUT2D eigenvalue weighted by Gasteiger charge is -2.08. The van der Waals surface area contributed by atoms with Gasteiger partial charge in [0.25, 0.3) is 0 Å². The van der Waals surface area contributed by atoms with Crippen LogP contribution in [-0.4, -0.2) is 12.4 Å². The Balaban J connectivity index is 1.94. The monoisotopic (exact) mass is 325 g/mol. The molecule has 23 heavy (non-hydrogen) atoms. The largest absolute Gasteiger partial charge is 0.478 e. The van der Waals surface area contributed by atoms with E-state index in [9.17, 15) is 4.79 Å². The number of carbonyl (C=O) groups is 1. The number of nitriles is 1. The Hall–Kier alpha value is -2.77. The average Bonchev–Trinajstić information content (AvgIpc) is 2.86. The maximum atomic E-state index is 12.4. The number of rotatable bonds is 3. The Labute approximate surface area is 138 Å². The predicted octanol–water partition coefficient (Wildman–Crippen LogP) is 4.17. The Bertz CT molecular complexity index is 848. The van der Waals surface area contributed by atoms with Crippen molar-refractivity contribution in [3.63, 3.8) is 0 Å². The molecule has 0 bridgehead atoms. The molecule has 0 fully saturated rings. The molecule has 2 aromatic rings. The number of hydrogen-bond acceptors (Lipinski definition) is 4. The number of carbonyl (C=O) groups excluding carboxylic acids is 1. The van der Waals surface area contributed by atoms with E-state index in [4.69, 9.17) is 26.3 Å². The number of allylic oxidation sites excluding steroid dienone is 1. The van der Waals surface area contributed by atoms with Crippen LogP contribution in [0.25, 0.3) is 6.08 Å². The highest BCUT2D eigenvalue weighted by Gasteiger charge is 2.30. The van der Waals surface area contributed by atoms with Crippen molar-refractivity contribution in [3.05, 3.63) is 63.9 Å². The lowest BCUT2D eigenvalue weighted by Crippen LogP contribution is -1.98. The number of ketones is 1. The van der Waals surface area contributed by atoms with Gasteiger partial charge >= 0.3 is 0 Å². The second kappa shape index (κ2) is 6.15. The fourth-order valence-corrected chi connectivity index (χ4v) is 2.47. The van der Waals surface area contributed by atoms with Crippen molar-refractivity contribution in [1.82, 2.24) is 0 Å². The number of nitrogens with zero attached hydrogens (tertiary/aromatic N) is 1. The van der Waals surface area contributed by atoms with E-state index in [2.05, 4.69) is 0 Å². The van der Waals surface area contributed by atoms with E-state index in [1.165, 1.54) is 0 Å². The third-order valence-corrected chi connectivity index (χ3v) is 3.75. The molecule has 1 heterocycles. The van der Waals surface area contributed by atoms with Crippen LogP contribution < -0.4 is 9.47 Å². The summed E-state index contributed by atoms with van der Waals surface area (Å²) in [6, 6.07) is 12.4. The molecule has 0 saturated carbocycles. The van der Waals surface area contributed by atoms with E-state index in [0.717, 1.165) is 5.56 Å². The quantitative estimate of drug-likeness (QED) is 0.795. The first kappa shape index (κ1) is 15.1. The molecule has 0 spiro atoms. The summed E-state index contributed by atoms with van der Waals surface area (Å²) in [4.78, 5) is 12.4. The van der Waals surface area contributed by atoms with Crippen molar-refractivity contribution >= 4 is 23.5 Å². The first-order valence-electron chi connectivity index (χ1n) is 6.93. The van der Waals surface area contributed by atoms with Gasteiger partial charge in [-0.2, -0.15) is 5.26 Å². The average molecular weight is 326 g/mol. The minimum absolute atomic E-state index is 0.0545. The highest BCUT2D eigenvalue weighted by atomic mass is 35.5. The molecule has 2 aromatic carbocycles. The Morgan fingerprint density at radius 1 is 1.26 bits per heavy atom. The third kappa shape index (κ3) is 2.92. The van der Waals surface area contributed by atoms with Gasteiger partial charge in [-0.05, 0) is 42.8 Å². The fraction of sp³-hybridized carbons (Fsp3) is 0.111. The molecule has 0 atom stereocenters. The summed E-state index contributed by atoms with van der Waals surface area (Å²) in [5, 5.41) is 9.23. The van der Waals surface area contributed by atoms with E-state index < -0.39 is 0 Å². The third-order valence-electron chi connectivity index (χ3n) is 3.50. The molecule has 0 radical (unpaired) electrons. The minimum atomic E-state index is -0.176. The van der Waals surface area contributed by atoms with Gasteiger partial charge in [-0.1, -0.05) is 23.7 Å². The van der Waals surface area contributed by atoms with E-state index in [0.29, 0.717) is 27.6 Å². The lowest BCUT2D eigenvalue weighted by molar-refractivity contribution is 0.101. The minimum Gasteiger partial charge on any atom is -0.478 e. The number of fused-ring (bicyclic) bond motifs is 1.